The second-order valence-electron chi connectivity index (χ2n) is 4.73. The maximum atomic E-state index is 9.80. The van der Waals surface area contributed by atoms with Crippen LogP contribution in [-0.2, 0) is 0 Å². The van der Waals surface area contributed by atoms with Crippen molar-refractivity contribution in [2.75, 3.05) is 0 Å². The van der Waals surface area contributed by atoms with E-state index in [0.717, 1.165) is 12.8 Å². The number of fused-ring (bicyclic) bond motifs is 1. The van der Waals surface area contributed by atoms with Gasteiger partial charge in [0, 0.05) is 15.7 Å². The smallest absolute Gasteiger partial charge is 0.0925 e. The van der Waals surface area contributed by atoms with E-state index in [9.17, 15) is 5.11 Å². The zero-order valence-corrected chi connectivity index (χ0v) is 12.4. The van der Waals surface area contributed by atoms with Gasteiger partial charge in [0.25, 0.3) is 0 Å². The number of hydrogen-bond acceptors (Lipinski definition) is 1. The van der Waals surface area contributed by atoms with Crippen LogP contribution in [0.3, 0.4) is 0 Å². The molecule has 1 N–H and O–H groups in total. The number of halogens is 3. The predicted molar refractivity (Wildman–Crippen MR) is 64.8 cm³/mol. The van der Waals surface area contributed by atoms with Gasteiger partial charge < -0.3 is 5.11 Å². The minimum Gasteiger partial charge on any atom is -0.392 e. The van der Waals surface area contributed by atoms with Gasteiger partial charge in [0.2, 0.25) is 0 Å². The lowest BCUT2D eigenvalue weighted by Crippen LogP contribution is -2.33. The van der Waals surface area contributed by atoms with Crippen LogP contribution in [0.5, 0.6) is 0 Å². The topological polar surface area (TPSA) is 20.2 Å². The quantitative estimate of drug-likeness (QED) is 0.642. The van der Waals surface area contributed by atoms with Crippen LogP contribution >= 0.6 is 47.8 Å². The molecule has 0 amide bonds. The summed E-state index contributed by atoms with van der Waals surface area (Å²) in [6.07, 6.45) is 1.66. The predicted octanol–water partition coefficient (Wildman–Crippen LogP) is 3.42. The van der Waals surface area contributed by atoms with Crippen molar-refractivity contribution in [3.63, 3.8) is 0 Å². The first kappa shape index (κ1) is 10.9. The number of aliphatic hydroxyl groups is 1. The van der Waals surface area contributed by atoms with Gasteiger partial charge in [-0.05, 0) is 12.8 Å². The summed E-state index contributed by atoms with van der Waals surface area (Å²) in [5, 5.41) is 9.80. The highest BCUT2D eigenvalue weighted by Crippen LogP contribution is 2.84. The molecule has 1 nitrogen and oxygen atoms in total. The van der Waals surface area contributed by atoms with E-state index in [4.69, 9.17) is 0 Å². The summed E-state index contributed by atoms with van der Waals surface area (Å²) in [5.74, 6) is 0. The Morgan fingerprint density at radius 3 is 2.08 bits per heavy atom. The number of hydrogen-bond donors (Lipinski definition) is 1. The fraction of sp³-hybridized carbons (Fsp3) is 1.00. The number of rotatable bonds is 0. The molecule has 0 aromatic carbocycles. The molecule has 0 aromatic rings. The molecule has 2 fully saturated rings. The molecule has 2 aliphatic rings. The summed E-state index contributed by atoms with van der Waals surface area (Å²) in [4.78, 5) is 0.238. The third-order valence-corrected chi connectivity index (χ3v) is 8.61. The Kier molecular flexibility index (Phi) is 2.30. The van der Waals surface area contributed by atoms with Crippen molar-refractivity contribution < 1.29 is 5.11 Å². The monoisotopic (exact) mass is 374 g/mol. The fourth-order valence-electron chi connectivity index (χ4n) is 2.73. The van der Waals surface area contributed by atoms with Crippen LogP contribution in [-0.4, -0.2) is 19.3 Å². The Labute approximate surface area is 104 Å². The summed E-state index contributed by atoms with van der Waals surface area (Å²) < 4.78 is 0.0174. The highest BCUT2D eigenvalue weighted by Gasteiger charge is 2.81. The molecule has 2 aliphatic carbocycles. The average Bonchev–Trinajstić information content (AvgIpc) is 2.30. The first-order valence-corrected chi connectivity index (χ1v) is 6.96. The van der Waals surface area contributed by atoms with E-state index in [-0.39, 0.29) is 25.0 Å². The molecule has 2 rings (SSSR count). The summed E-state index contributed by atoms with van der Waals surface area (Å²) >= 11 is 11.0. The van der Waals surface area contributed by atoms with Gasteiger partial charge in [-0.2, -0.15) is 0 Å². The molecule has 2 saturated carbocycles. The highest BCUT2D eigenvalue weighted by molar-refractivity contribution is 9.25. The second-order valence-corrected chi connectivity index (χ2v) is 9.35. The van der Waals surface area contributed by atoms with Crippen LogP contribution in [0.25, 0.3) is 0 Å². The third-order valence-electron chi connectivity index (χ3n) is 4.18. The van der Waals surface area contributed by atoms with Gasteiger partial charge in [-0.15, -0.1) is 0 Å². The van der Waals surface area contributed by atoms with Crippen molar-refractivity contribution in [3.8, 4) is 0 Å². The molecule has 0 bridgehead atoms. The fourth-order valence-corrected chi connectivity index (χ4v) is 5.76. The zero-order valence-electron chi connectivity index (χ0n) is 7.65. The summed E-state index contributed by atoms with van der Waals surface area (Å²) in [5.41, 5.74) is 0.442. The molecule has 0 spiro atoms. The van der Waals surface area contributed by atoms with Crippen molar-refractivity contribution in [3.05, 3.63) is 0 Å². The van der Waals surface area contributed by atoms with E-state index in [0.29, 0.717) is 0 Å². The van der Waals surface area contributed by atoms with Gasteiger partial charge >= 0.3 is 0 Å². The normalized spacial score (nSPS) is 58.6. The molecular weight excluding hydrogens is 364 g/mol. The minimum atomic E-state index is -0.213. The average molecular weight is 377 g/mol. The van der Waals surface area contributed by atoms with Gasteiger partial charge in [0.05, 0.1) is 9.34 Å². The van der Waals surface area contributed by atoms with Crippen LogP contribution in [0, 0.1) is 10.8 Å². The Balaban J connectivity index is 2.31. The molecule has 4 heteroatoms. The van der Waals surface area contributed by atoms with E-state index >= 15 is 0 Å². The second kappa shape index (κ2) is 2.74. The van der Waals surface area contributed by atoms with Crippen molar-refractivity contribution in [1.82, 2.24) is 0 Å². The molecule has 0 heterocycles. The van der Waals surface area contributed by atoms with E-state index < -0.39 is 0 Å². The van der Waals surface area contributed by atoms with Crippen LogP contribution in [0.4, 0.5) is 0 Å². The Hall–Kier alpha value is 1.40. The number of alkyl halides is 3. The molecule has 0 unspecified atom stereocenters. The van der Waals surface area contributed by atoms with Gasteiger partial charge in [-0.25, -0.2) is 0 Å². The summed E-state index contributed by atoms with van der Waals surface area (Å²) in [7, 11) is 0. The van der Waals surface area contributed by atoms with Crippen molar-refractivity contribution >= 4 is 47.8 Å². The van der Waals surface area contributed by atoms with Gasteiger partial charge in [0.15, 0.2) is 0 Å². The lowest BCUT2D eigenvalue weighted by Gasteiger charge is -2.31. The van der Waals surface area contributed by atoms with Crippen molar-refractivity contribution in [2.24, 2.45) is 10.8 Å². The third kappa shape index (κ3) is 1.07. The Morgan fingerprint density at radius 2 is 1.62 bits per heavy atom. The van der Waals surface area contributed by atoms with Crippen LogP contribution in [0.1, 0.15) is 26.7 Å². The standard InChI is InChI=1S/C9H13Br3O/c1-7-3-5(10)6(13)4-8(7,2)9(7,11)12/h5-6,13H,3-4H2,1-2H3/t5-,6-,7-,8-/m0/s1. The molecule has 13 heavy (non-hydrogen) atoms. The van der Waals surface area contributed by atoms with Crippen molar-refractivity contribution in [2.45, 2.75) is 40.9 Å². The molecule has 0 aliphatic heterocycles. The first-order valence-electron chi connectivity index (χ1n) is 4.46. The van der Waals surface area contributed by atoms with Crippen LogP contribution < -0.4 is 0 Å². The SMILES string of the molecule is C[C@]12C[C@H](O)[C@@H](Br)C[C@]1(C)C2(Br)Br. The number of aliphatic hydroxyl groups excluding tert-OH is 1. The van der Waals surface area contributed by atoms with E-state index in [1.165, 1.54) is 0 Å². The molecule has 0 aromatic heterocycles. The van der Waals surface area contributed by atoms with Gasteiger partial charge in [-0.3, -0.25) is 0 Å². The molecule has 0 radical (unpaired) electrons. The van der Waals surface area contributed by atoms with Crippen LogP contribution in [0.2, 0.25) is 0 Å². The van der Waals surface area contributed by atoms with Gasteiger partial charge in [0.1, 0.15) is 0 Å². The molecular formula is C9H13Br3O. The Morgan fingerprint density at radius 1 is 1.15 bits per heavy atom. The first-order chi connectivity index (χ1) is 5.76. The molecule has 4 atom stereocenters. The summed E-state index contributed by atoms with van der Waals surface area (Å²) in [6, 6.07) is 0. The Bertz CT molecular complexity index is 231. The maximum absolute atomic E-state index is 9.80. The largest absolute Gasteiger partial charge is 0.392 e. The summed E-state index contributed by atoms with van der Waals surface area (Å²) in [6.45, 7) is 4.51. The minimum absolute atomic E-state index is 0.0174. The highest BCUT2D eigenvalue weighted by atomic mass is 79.9. The van der Waals surface area contributed by atoms with Gasteiger partial charge in [-0.1, -0.05) is 61.6 Å². The molecule has 0 saturated heterocycles. The van der Waals surface area contributed by atoms with Crippen molar-refractivity contribution in [1.29, 1.82) is 0 Å². The lowest BCUT2D eigenvalue weighted by molar-refractivity contribution is 0.0888. The zero-order chi connectivity index (χ0) is 10.1. The van der Waals surface area contributed by atoms with E-state index in [2.05, 4.69) is 61.6 Å². The van der Waals surface area contributed by atoms with E-state index in [1.54, 1.807) is 0 Å². The molecule has 76 valence electrons. The van der Waals surface area contributed by atoms with Crippen LogP contribution in [0.15, 0.2) is 0 Å². The maximum Gasteiger partial charge on any atom is 0.0925 e. The van der Waals surface area contributed by atoms with E-state index in [1.807, 2.05) is 0 Å². The lowest BCUT2D eigenvalue weighted by atomic mass is 9.80.